The van der Waals surface area contributed by atoms with E-state index in [1.165, 1.54) is 0 Å². The minimum Gasteiger partial charge on any atom is -0.374 e. The van der Waals surface area contributed by atoms with Crippen molar-refractivity contribution in [3.8, 4) is 0 Å². The lowest BCUT2D eigenvalue weighted by atomic mass is 9.80. The summed E-state index contributed by atoms with van der Waals surface area (Å²) in [6, 6.07) is 31.3. The summed E-state index contributed by atoms with van der Waals surface area (Å²) < 4.78 is 12.5. The molecular formula is C26H28O2. The van der Waals surface area contributed by atoms with Crippen molar-refractivity contribution in [3.63, 3.8) is 0 Å². The van der Waals surface area contributed by atoms with E-state index in [1.54, 1.807) is 6.08 Å². The predicted molar refractivity (Wildman–Crippen MR) is 115 cm³/mol. The van der Waals surface area contributed by atoms with Crippen LogP contribution in [0, 0.1) is 0 Å². The highest BCUT2D eigenvalue weighted by Gasteiger charge is 2.37. The van der Waals surface area contributed by atoms with Gasteiger partial charge in [-0.3, -0.25) is 0 Å². The van der Waals surface area contributed by atoms with Crippen molar-refractivity contribution < 1.29 is 9.47 Å². The van der Waals surface area contributed by atoms with Crippen LogP contribution in [0.15, 0.2) is 104 Å². The highest BCUT2D eigenvalue weighted by Crippen LogP contribution is 2.40. The first-order valence-corrected chi connectivity index (χ1v) is 9.80. The van der Waals surface area contributed by atoms with Gasteiger partial charge < -0.3 is 9.47 Å². The third-order valence-corrected chi connectivity index (χ3v) is 4.88. The molecule has 2 nitrogen and oxygen atoms in total. The molecule has 28 heavy (non-hydrogen) atoms. The Balaban J connectivity index is 2.00. The molecule has 0 fully saturated rings. The van der Waals surface area contributed by atoms with Crippen molar-refractivity contribution in [2.24, 2.45) is 0 Å². The third-order valence-electron chi connectivity index (χ3n) is 4.88. The monoisotopic (exact) mass is 372 g/mol. The van der Waals surface area contributed by atoms with Gasteiger partial charge in [0.15, 0.2) is 0 Å². The second kappa shape index (κ2) is 10.0. The van der Waals surface area contributed by atoms with E-state index in [4.69, 9.17) is 9.47 Å². The van der Waals surface area contributed by atoms with Crippen LogP contribution in [0.1, 0.15) is 30.0 Å². The van der Waals surface area contributed by atoms with Crippen LogP contribution >= 0.6 is 0 Å². The van der Waals surface area contributed by atoms with Crippen LogP contribution in [-0.4, -0.2) is 19.3 Å². The molecule has 0 spiro atoms. The Bertz CT molecular complexity index is 731. The van der Waals surface area contributed by atoms with Gasteiger partial charge in [0.25, 0.3) is 0 Å². The number of rotatable bonds is 10. The Hall–Kier alpha value is -2.68. The molecule has 0 heterocycles. The second-order valence-corrected chi connectivity index (χ2v) is 6.85. The van der Waals surface area contributed by atoms with Gasteiger partial charge in [-0.15, -0.1) is 6.58 Å². The third kappa shape index (κ3) is 4.59. The molecule has 3 rings (SSSR count). The lowest BCUT2D eigenvalue weighted by molar-refractivity contribution is -0.0142. The summed E-state index contributed by atoms with van der Waals surface area (Å²) in [4.78, 5) is 0. The van der Waals surface area contributed by atoms with E-state index in [0.717, 1.165) is 23.1 Å². The van der Waals surface area contributed by atoms with Gasteiger partial charge in [0, 0.05) is 0 Å². The highest BCUT2D eigenvalue weighted by atomic mass is 16.5. The Morgan fingerprint density at radius 3 is 1.61 bits per heavy atom. The standard InChI is InChI=1S/C26H28O2/c1-3-20-27-22(2)19-21-28-26(23-13-7-4-8-14-23,24-15-9-5-10-16-24)25-17-11-6-12-18-25/h3-18,22H,1,19-21H2,2H3/t22-/m1/s1. The van der Waals surface area contributed by atoms with Crippen molar-refractivity contribution in [3.05, 3.63) is 120 Å². The molecule has 0 aliphatic carbocycles. The maximum Gasteiger partial charge on any atom is 0.143 e. The van der Waals surface area contributed by atoms with Crippen molar-refractivity contribution in [1.82, 2.24) is 0 Å². The molecule has 0 saturated heterocycles. The molecule has 0 aromatic heterocycles. The Labute approximate surface area is 168 Å². The van der Waals surface area contributed by atoms with Gasteiger partial charge in [-0.2, -0.15) is 0 Å². The van der Waals surface area contributed by atoms with E-state index in [9.17, 15) is 0 Å². The van der Waals surface area contributed by atoms with E-state index in [-0.39, 0.29) is 6.10 Å². The fourth-order valence-corrected chi connectivity index (χ4v) is 3.46. The number of hydrogen-bond acceptors (Lipinski definition) is 2. The summed E-state index contributed by atoms with van der Waals surface area (Å²) in [5.74, 6) is 0. The average molecular weight is 373 g/mol. The van der Waals surface area contributed by atoms with Crippen molar-refractivity contribution >= 4 is 0 Å². The summed E-state index contributed by atoms with van der Waals surface area (Å²) >= 11 is 0. The van der Waals surface area contributed by atoms with Crippen LogP contribution in [0.3, 0.4) is 0 Å². The summed E-state index contributed by atoms with van der Waals surface area (Å²) in [5.41, 5.74) is 2.69. The SMILES string of the molecule is C=CCO[C@H](C)CCOC(c1ccccc1)(c1ccccc1)c1ccccc1. The molecule has 0 N–H and O–H groups in total. The molecule has 3 aromatic rings. The molecule has 0 bridgehead atoms. The minimum atomic E-state index is -0.665. The molecule has 0 unspecified atom stereocenters. The van der Waals surface area contributed by atoms with Gasteiger partial charge in [-0.25, -0.2) is 0 Å². The fourth-order valence-electron chi connectivity index (χ4n) is 3.46. The van der Waals surface area contributed by atoms with Gasteiger partial charge in [0.2, 0.25) is 0 Å². The van der Waals surface area contributed by atoms with E-state index in [2.05, 4.69) is 86.3 Å². The van der Waals surface area contributed by atoms with E-state index in [0.29, 0.717) is 13.2 Å². The van der Waals surface area contributed by atoms with Crippen molar-refractivity contribution in [1.29, 1.82) is 0 Å². The van der Waals surface area contributed by atoms with E-state index >= 15 is 0 Å². The fraction of sp³-hybridized carbons (Fsp3) is 0.231. The normalized spacial score (nSPS) is 12.5. The van der Waals surface area contributed by atoms with Gasteiger partial charge in [0.1, 0.15) is 5.60 Å². The molecule has 0 radical (unpaired) electrons. The van der Waals surface area contributed by atoms with Gasteiger partial charge >= 0.3 is 0 Å². The van der Waals surface area contributed by atoms with Crippen molar-refractivity contribution in [2.75, 3.05) is 13.2 Å². The van der Waals surface area contributed by atoms with Crippen LogP contribution in [0.5, 0.6) is 0 Å². The topological polar surface area (TPSA) is 18.5 Å². The summed E-state index contributed by atoms with van der Waals surface area (Å²) in [7, 11) is 0. The number of benzene rings is 3. The first-order valence-electron chi connectivity index (χ1n) is 9.80. The van der Waals surface area contributed by atoms with Crippen LogP contribution < -0.4 is 0 Å². The highest BCUT2D eigenvalue weighted by molar-refractivity contribution is 5.47. The van der Waals surface area contributed by atoms with Crippen LogP contribution in [0.4, 0.5) is 0 Å². The molecule has 3 aromatic carbocycles. The molecule has 1 atom stereocenters. The first-order chi connectivity index (χ1) is 13.8. The largest absolute Gasteiger partial charge is 0.374 e. The van der Waals surface area contributed by atoms with Gasteiger partial charge in [0.05, 0.1) is 19.3 Å². The zero-order chi connectivity index (χ0) is 19.7. The lowest BCUT2D eigenvalue weighted by Crippen LogP contribution is -2.34. The maximum absolute atomic E-state index is 6.73. The first kappa shape index (κ1) is 20.1. The minimum absolute atomic E-state index is 0.109. The summed E-state index contributed by atoms with van der Waals surface area (Å²) in [6.45, 7) is 6.92. The second-order valence-electron chi connectivity index (χ2n) is 6.85. The molecule has 0 amide bonds. The van der Waals surface area contributed by atoms with Gasteiger partial charge in [-0.1, -0.05) is 97.1 Å². The van der Waals surface area contributed by atoms with E-state index in [1.807, 2.05) is 18.2 Å². The molecule has 0 aliphatic heterocycles. The predicted octanol–water partition coefficient (Wildman–Crippen LogP) is 5.98. The quantitative estimate of drug-likeness (QED) is 0.322. The molecule has 0 aliphatic rings. The van der Waals surface area contributed by atoms with Crippen LogP contribution in [-0.2, 0) is 15.1 Å². The summed E-state index contributed by atoms with van der Waals surface area (Å²) in [6.07, 6.45) is 2.69. The maximum atomic E-state index is 6.73. The van der Waals surface area contributed by atoms with Crippen LogP contribution in [0.25, 0.3) is 0 Å². The average Bonchev–Trinajstić information content (AvgIpc) is 2.77. The van der Waals surface area contributed by atoms with Crippen molar-refractivity contribution in [2.45, 2.75) is 25.0 Å². The molecule has 144 valence electrons. The number of ether oxygens (including phenoxy) is 2. The summed E-state index contributed by atoms with van der Waals surface area (Å²) in [5, 5.41) is 0. The Morgan fingerprint density at radius 1 is 0.786 bits per heavy atom. The zero-order valence-corrected chi connectivity index (χ0v) is 16.5. The number of hydrogen-bond donors (Lipinski definition) is 0. The van der Waals surface area contributed by atoms with E-state index < -0.39 is 5.60 Å². The molecule has 2 heteroatoms. The van der Waals surface area contributed by atoms with Gasteiger partial charge in [-0.05, 0) is 30.0 Å². The lowest BCUT2D eigenvalue weighted by Gasteiger charge is -2.36. The smallest absolute Gasteiger partial charge is 0.143 e. The molecule has 0 saturated carbocycles. The zero-order valence-electron chi connectivity index (χ0n) is 16.5. The molecular weight excluding hydrogens is 344 g/mol. The Kier molecular flexibility index (Phi) is 7.18. The van der Waals surface area contributed by atoms with Crippen LogP contribution in [0.2, 0.25) is 0 Å². The Morgan fingerprint density at radius 2 is 1.21 bits per heavy atom.